The van der Waals surface area contributed by atoms with Crippen LogP contribution >= 0.6 is 11.3 Å². The molecule has 0 fully saturated rings. The minimum absolute atomic E-state index is 0.0455. The summed E-state index contributed by atoms with van der Waals surface area (Å²) in [5.41, 5.74) is 1.31. The number of carboxylic acid groups (broad SMARTS) is 1. The molecule has 0 saturated heterocycles. The second kappa shape index (κ2) is 7.14. The molecule has 0 saturated carbocycles. The van der Waals surface area contributed by atoms with Gasteiger partial charge in [-0.25, -0.2) is 9.78 Å². The Hall–Kier alpha value is -1.75. The number of aromatic nitrogens is 1. The first-order valence-electron chi connectivity index (χ1n) is 6.74. The third kappa shape index (κ3) is 4.13. The van der Waals surface area contributed by atoms with Crippen LogP contribution in [-0.2, 0) is 0 Å². The summed E-state index contributed by atoms with van der Waals surface area (Å²) in [7, 11) is 0. The van der Waals surface area contributed by atoms with Crippen molar-refractivity contribution in [3.05, 3.63) is 39.9 Å². The van der Waals surface area contributed by atoms with Crippen LogP contribution in [0.2, 0.25) is 0 Å². The molecule has 106 valence electrons. The number of Topliss-reactive ketones (excluding diaryl/α,β-unsaturated/α-hetero) is 1. The summed E-state index contributed by atoms with van der Waals surface area (Å²) in [5, 5.41) is 10.5. The van der Waals surface area contributed by atoms with E-state index in [9.17, 15) is 9.59 Å². The summed E-state index contributed by atoms with van der Waals surface area (Å²) < 4.78 is 0. The zero-order valence-corrected chi connectivity index (χ0v) is 12.0. The number of rotatable bonds is 7. The number of thiazole rings is 1. The van der Waals surface area contributed by atoms with Crippen LogP contribution in [0.3, 0.4) is 0 Å². The van der Waals surface area contributed by atoms with Gasteiger partial charge in [0, 0.05) is 11.8 Å². The topological polar surface area (TPSA) is 67.3 Å². The number of ketones is 1. The van der Waals surface area contributed by atoms with Gasteiger partial charge >= 0.3 is 5.97 Å². The van der Waals surface area contributed by atoms with E-state index < -0.39 is 5.97 Å². The summed E-state index contributed by atoms with van der Waals surface area (Å²) in [4.78, 5) is 26.4. The number of carbonyl (C=O) groups is 2. The smallest absolute Gasteiger partial charge is 0.355 e. The van der Waals surface area contributed by atoms with Crippen LogP contribution in [0.15, 0.2) is 29.2 Å². The van der Waals surface area contributed by atoms with Crippen molar-refractivity contribution in [1.82, 2.24) is 4.98 Å². The van der Waals surface area contributed by atoms with Crippen molar-refractivity contribution in [2.24, 2.45) is 0 Å². The molecule has 1 aliphatic rings. The van der Waals surface area contributed by atoms with E-state index in [1.54, 1.807) is 0 Å². The zero-order valence-electron chi connectivity index (χ0n) is 11.2. The average molecular weight is 291 g/mol. The Kier molecular flexibility index (Phi) is 5.24. The molecule has 0 unspecified atom stereocenters. The van der Waals surface area contributed by atoms with Gasteiger partial charge in [-0.1, -0.05) is 23.8 Å². The van der Waals surface area contributed by atoms with Gasteiger partial charge in [-0.2, -0.15) is 0 Å². The van der Waals surface area contributed by atoms with Crippen molar-refractivity contribution in [1.29, 1.82) is 0 Å². The maximum atomic E-state index is 11.9. The third-order valence-corrected chi connectivity index (χ3v) is 4.04. The lowest BCUT2D eigenvalue weighted by Gasteiger charge is -2.06. The van der Waals surface area contributed by atoms with E-state index in [1.807, 2.05) is 0 Å². The van der Waals surface area contributed by atoms with Crippen molar-refractivity contribution in [3.8, 4) is 0 Å². The normalized spacial score (nSPS) is 14.1. The molecule has 5 heteroatoms. The summed E-state index contributed by atoms with van der Waals surface area (Å²) in [6, 6.07) is 0. The van der Waals surface area contributed by atoms with Crippen LogP contribution in [0, 0.1) is 0 Å². The number of allylic oxidation sites excluding steroid dienone is 4. The lowest BCUT2D eigenvalue weighted by atomic mass is 10.0. The Morgan fingerprint density at radius 3 is 2.80 bits per heavy atom. The highest BCUT2D eigenvalue weighted by Crippen LogP contribution is 2.18. The van der Waals surface area contributed by atoms with Gasteiger partial charge in [-0.05, 0) is 32.1 Å². The molecule has 4 nitrogen and oxygen atoms in total. The number of aromatic carboxylic acids is 1. The zero-order chi connectivity index (χ0) is 14.4. The van der Waals surface area contributed by atoms with E-state index in [2.05, 4.69) is 23.2 Å². The minimum atomic E-state index is -1.09. The monoisotopic (exact) mass is 291 g/mol. The second-order valence-electron chi connectivity index (χ2n) is 4.73. The standard InChI is InChI=1S/C15H17NO3S/c17-13(14-16-12(10-20-14)15(18)19)9-5-4-8-11-6-2-1-3-7-11/h2,6-7,10H,1,3-5,8-9H2,(H,18,19). The highest BCUT2D eigenvalue weighted by atomic mass is 32.1. The van der Waals surface area contributed by atoms with Gasteiger partial charge in [0.05, 0.1) is 0 Å². The van der Waals surface area contributed by atoms with Gasteiger partial charge in [0.15, 0.2) is 16.5 Å². The van der Waals surface area contributed by atoms with Gasteiger partial charge in [0.2, 0.25) is 0 Å². The highest BCUT2D eigenvalue weighted by Gasteiger charge is 2.14. The number of hydrogen-bond acceptors (Lipinski definition) is 4. The lowest BCUT2D eigenvalue weighted by Crippen LogP contribution is -2.01. The fraction of sp³-hybridized carbons (Fsp3) is 0.400. The van der Waals surface area contributed by atoms with E-state index >= 15 is 0 Å². The Bertz CT molecular complexity index is 557. The molecule has 0 amide bonds. The van der Waals surface area contributed by atoms with Crippen LogP contribution in [-0.4, -0.2) is 21.8 Å². The molecule has 20 heavy (non-hydrogen) atoms. The lowest BCUT2D eigenvalue weighted by molar-refractivity contribution is 0.0691. The first-order valence-corrected chi connectivity index (χ1v) is 7.62. The van der Waals surface area contributed by atoms with Gasteiger partial charge in [-0.15, -0.1) is 11.3 Å². The van der Waals surface area contributed by atoms with Crippen molar-refractivity contribution >= 4 is 23.1 Å². The maximum absolute atomic E-state index is 11.9. The van der Waals surface area contributed by atoms with E-state index in [-0.39, 0.29) is 11.5 Å². The molecular formula is C15H17NO3S. The van der Waals surface area contributed by atoms with Crippen molar-refractivity contribution in [3.63, 3.8) is 0 Å². The average Bonchev–Trinajstić information content (AvgIpc) is 2.94. The molecule has 0 radical (unpaired) electrons. The molecular weight excluding hydrogens is 274 g/mol. The molecule has 2 rings (SSSR count). The number of carbonyl (C=O) groups excluding carboxylic acids is 1. The van der Waals surface area contributed by atoms with Gasteiger partial charge < -0.3 is 5.11 Å². The van der Waals surface area contributed by atoms with E-state index in [1.165, 1.54) is 11.0 Å². The molecule has 0 aromatic carbocycles. The first kappa shape index (κ1) is 14.7. The van der Waals surface area contributed by atoms with Crippen molar-refractivity contribution < 1.29 is 14.7 Å². The Labute approximate surface area is 121 Å². The Morgan fingerprint density at radius 1 is 1.30 bits per heavy atom. The predicted octanol–water partition coefficient (Wildman–Crippen LogP) is 3.86. The SMILES string of the molecule is O=C(O)c1csc(C(=O)CCCCC2=CCCC=C2)n1. The summed E-state index contributed by atoms with van der Waals surface area (Å²) in [6.45, 7) is 0. The van der Waals surface area contributed by atoms with E-state index in [0.29, 0.717) is 11.4 Å². The molecule has 0 aliphatic heterocycles. The minimum Gasteiger partial charge on any atom is -0.476 e. The molecule has 0 spiro atoms. The van der Waals surface area contributed by atoms with Gasteiger partial charge in [0.25, 0.3) is 0 Å². The van der Waals surface area contributed by atoms with E-state index in [0.717, 1.165) is 43.4 Å². The molecule has 1 aliphatic carbocycles. The van der Waals surface area contributed by atoms with Gasteiger partial charge in [-0.3, -0.25) is 4.79 Å². The fourth-order valence-electron chi connectivity index (χ4n) is 2.07. The first-order chi connectivity index (χ1) is 9.66. The second-order valence-corrected chi connectivity index (χ2v) is 5.59. The molecule has 1 aromatic rings. The third-order valence-electron chi connectivity index (χ3n) is 3.15. The number of carboxylic acids is 1. The molecule has 1 N–H and O–H groups in total. The predicted molar refractivity (Wildman–Crippen MR) is 78.3 cm³/mol. The fourth-order valence-corrected chi connectivity index (χ4v) is 2.84. The van der Waals surface area contributed by atoms with Crippen LogP contribution < -0.4 is 0 Å². The molecule has 1 heterocycles. The Balaban J connectivity index is 1.73. The number of hydrogen-bond donors (Lipinski definition) is 1. The molecule has 0 bridgehead atoms. The van der Waals surface area contributed by atoms with Crippen molar-refractivity contribution in [2.45, 2.75) is 38.5 Å². The van der Waals surface area contributed by atoms with Crippen molar-refractivity contribution in [2.75, 3.05) is 0 Å². The van der Waals surface area contributed by atoms with Crippen LogP contribution in [0.25, 0.3) is 0 Å². The largest absolute Gasteiger partial charge is 0.476 e. The molecule has 1 aromatic heterocycles. The quantitative estimate of drug-likeness (QED) is 0.612. The van der Waals surface area contributed by atoms with Crippen LogP contribution in [0.1, 0.15) is 58.8 Å². The molecule has 0 atom stereocenters. The van der Waals surface area contributed by atoms with Gasteiger partial charge in [0.1, 0.15) is 0 Å². The Morgan fingerprint density at radius 2 is 2.15 bits per heavy atom. The van der Waals surface area contributed by atoms with E-state index in [4.69, 9.17) is 5.11 Å². The summed E-state index contributed by atoms with van der Waals surface area (Å²) >= 11 is 1.11. The summed E-state index contributed by atoms with van der Waals surface area (Å²) in [5.74, 6) is -1.15. The van der Waals surface area contributed by atoms with Crippen LogP contribution in [0.5, 0.6) is 0 Å². The maximum Gasteiger partial charge on any atom is 0.355 e. The number of unbranched alkanes of at least 4 members (excludes halogenated alkanes) is 1. The number of nitrogens with zero attached hydrogens (tertiary/aromatic N) is 1. The summed E-state index contributed by atoms with van der Waals surface area (Å²) in [6.07, 6.45) is 12.0. The van der Waals surface area contributed by atoms with Crippen LogP contribution in [0.4, 0.5) is 0 Å². The highest BCUT2D eigenvalue weighted by molar-refractivity contribution is 7.11.